The lowest BCUT2D eigenvalue weighted by atomic mass is 9.92. The summed E-state index contributed by atoms with van der Waals surface area (Å²) in [6, 6.07) is 3.50. The van der Waals surface area contributed by atoms with E-state index in [0.29, 0.717) is 0 Å². The Hall–Kier alpha value is -1.82. The highest BCUT2D eigenvalue weighted by molar-refractivity contribution is 6.33. The number of nitrogens with one attached hydrogen (secondary N) is 1. The molecule has 104 valence electrons. The monoisotopic (exact) mass is 287 g/mol. The van der Waals surface area contributed by atoms with Gasteiger partial charge < -0.3 is 16.3 Å². The molecule has 0 fully saturated rings. The zero-order valence-electron chi connectivity index (χ0n) is 10.6. The first-order valence-electron chi connectivity index (χ1n) is 5.49. The standard InChI is InChI=1S/C12H15ClFN3O2/c1-12(2,11(15)17-19)6-16-10(18)8-4-3-7(14)5-9(8)13/h3-5,19H,6H2,1-2H3,(H2,15,17)(H,16,18). The predicted molar refractivity (Wildman–Crippen MR) is 70.9 cm³/mol. The van der Waals surface area contributed by atoms with Gasteiger partial charge in [0.25, 0.3) is 5.91 Å². The number of oxime groups is 1. The van der Waals surface area contributed by atoms with E-state index in [0.717, 1.165) is 12.1 Å². The fourth-order valence-electron chi connectivity index (χ4n) is 1.30. The van der Waals surface area contributed by atoms with Crippen LogP contribution in [0.1, 0.15) is 24.2 Å². The Kier molecular flexibility index (Phi) is 4.72. The molecule has 1 aromatic carbocycles. The molecule has 7 heteroatoms. The Morgan fingerprint density at radius 1 is 1.58 bits per heavy atom. The maximum atomic E-state index is 12.9. The number of hydrogen-bond acceptors (Lipinski definition) is 3. The number of rotatable bonds is 4. The van der Waals surface area contributed by atoms with E-state index in [1.807, 2.05) is 0 Å². The van der Waals surface area contributed by atoms with Crippen LogP contribution in [-0.2, 0) is 0 Å². The molecule has 5 nitrogen and oxygen atoms in total. The highest BCUT2D eigenvalue weighted by atomic mass is 35.5. The van der Waals surface area contributed by atoms with Crippen LogP contribution in [0.5, 0.6) is 0 Å². The molecule has 0 bridgehead atoms. The molecule has 1 amide bonds. The summed E-state index contributed by atoms with van der Waals surface area (Å²) in [5, 5.41) is 14.1. The van der Waals surface area contributed by atoms with Gasteiger partial charge in [-0.3, -0.25) is 4.79 Å². The van der Waals surface area contributed by atoms with Crippen LogP contribution >= 0.6 is 11.6 Å². The van der Waals surface area contributed by atoms with Crippen molar-refractivity contribution < 1.29 is 14.4 Å². The molecule has 0 unspecified atom stereocenters. The zero-order chi connectivity index (χ0) is 14.6. The van der Waals surface area contributed by atoms with Crippen LogP contribution in [0.15, 0.2) is 23.4 Å². The number of benzene rings is 1. The van der Waals surface area contributed by atoms with E-state index in [9.17, 15) is 9.18 Å². The smallest absolute Gasteiger partial charge is 0.252 e. The average Bonchev–Trinajstić information content (AvgIpc) is 2.35. The number of amidine groups is 1. The van der Waals surface area contributed by atoms with Crippen LogP contribution < -0.4 is 11.1 Å². The fourth-order valence-corrected chi connectivity index (χ4v) is 1.55. The molecule has 1 rings (SSSR count). The summed E-state index contributed by atoms with van der Waals surface area (Å²) in [7, 11) is 0. The van der Waals surface area contributed by atoms with E-state index in [4.69, 9.17) is 22.5 Å². The van der Waals surface area contributed by atoms with Crippen molar-refractivity contribution in [2.75, 3.05) is 6.54 Å². The Morgan fingerprint density at radius 2 is 2.21 bits per heavy atom. The number of carbonyl (C=O) groups excluding carboxylic acids is 1. The van der Waals surface area contributed by atoms with E-state index in [-0.39, 0.29) is 23.0 Å². The van der Waals surface area contributed by atoms with Crippen LogP contribution in [0.4, 0.5) is 4.39 Å². The highest BCUT2D eigenvalue weighted by Crippen LogP contribution is 2.18. The second kappa shape index (κ2) is 5.88. The number of nitrogens with zero attached hydrogens (tertiary/aromatic N) is 1. The third kappa shape index (κ3) is 3.82. The van der Waals surface area contributed by atoms with E-state index < -0.39 is 17.1 Å². The summed E-state index contributed by atoms with van der Waals surface area (Å²) < 4.78 is 12.9. The van der Waals surface area contributed by atoms with Crippen molar-refractivity contribution >= 4 is 23.3 Å². The normalized spacial score (nSPS) is 12.3. The quantitative estimate of drug-likeness (QED) is 0.342. The first-order chi connectivity index (χ1) is 8.77. The second-order valence-electron chi connectivity index (χ2n) is 4.68. The fraction of sp³-hybridized carbons (Fsp3) is 0.333. The summed E-state index contributed by atoms with van der Waals surface area (Å²) in [5.74, 6) is -0.972. The topological polar surface area (TPSA) is 87.7 Å². The first-order valence-corrected chi connectivity index (χ1v) is 5.87. The van der Waals surface area contributed by atoms with Crippen LogP contribution in [0, 0.1) is 11.2 Å². The summed E-state index contributed by atoms with van der Waals surface area (Å²) in [6.07, 6.45) is 0. The van der Waals surface area contributed by atoms with Crippen molar-refractivity contribution in [3.05, 3.63) is 34.6 Å². The maximum absolute atomic E-state index is 12.9. The molecule has 0 heterocycles. The Morgan fingerprint density at radius 3 is 2.74 bits per heavy atom. The SMILES string of the molecule is CC(C)(CNC(=O)c1ccc(F)cc1Cl)/C(N)=N/O. The molecule has 0 aliphatic heterocycles. The van der Waals surface area contributed by atoms with Crippen LogP contribution in [0.2, 0.25) is 5.02 Å². The lowest BCUT2D eigenvalue weighted by molar-refractivity contribution is 0.0944. The summed E-state index contributed by atoms with van der Waals surface area (Å²) >= 11 is 5.77. The third-order valence-corrected chi connectivity index (χ3v) is 2.98. The van der Waals surface area contributed by atoms with Gasteiger partial charge in [0.15, 0.2) is 0 Å². The minimum atomic E-state index is -0.711. The van der Waals surface area contributed by atoms with Gasteiger partial charge in [-0.1, -0.05) is 30.6 Å². The van der Waals surface area contributed by atoms with Gasteiger partial charge in [-0.25, -0.2) is 4.39 Å². The molecule has 0 aliphatic carbocycles. The average molecular weight is 288 g/mol. The second-order valence-corrected chi connectivity index (χ2v) is 5.08. The lowest BCUT2D eigenvalue weighted by Gasteiger charge is -2.23. The zero-order valence-corrected chi connectivity index (χ0v) is 11.3. The first kappa shape index (κ1) is 15.2. The minimum absolute atomic E-state index is 0.00185. The molecule has 0 atom stereocenters. The minimum Gasteiger partial charge on any atom is -0.409 e. The summed E-state index contributed by atoms with van der Waals surface area (Å²) in [6.45, 7) is 3.55. The molecular weight excluding hydrogens is 273 g/mol. The molecule has 0 aliphatic rings. The van der Waals surface area contributed by atoms with Crippen molar-refractivity contribution in [2.24, 2.45) is 16.3 Å². The number of amides is 1. The summed E-state index contributed by atoms with van der Waals surface area (Å²) in [5.41, 5.74) is 4.95. The van der Waals surface area contributed by atoms with Crippen molar-refractivity contribution in [3.63, 3.8) is 0 Å². The molecular formula is C12H15ClFN3O2. The number of carbonyl (C=O) groups is 1. The Balaban J connectivity index is 2.76. The molecule has 0 saturated heterocycles. The predicted octanol–water partition coefficient (Wildman–Crippen LogP) is 1.98. The van der Waals surface area contributed by atoms with Crippen molar-refractivity contribution in [3.8, 4) is 0 Å². The lowest BCUT2D eigenvalue weighted by Crippen LogP contribution is -2.42. The Labute approximate surface area is 115 Å². The van der Waals surface area contributed by atoms with Gasteiger partial charge in [0.2, 0.25) is 0 Å². The largest absolute Gasteiger partial charge is 0.409 e. The molecule has 0 aromatic heterocycles. The summed E-state index contributed by atoms with van der Waals surface area (Å²) in [4.78, 5) is 11.9. The number of hydrogen-bond donors (Lipinski definition) is 3. The number of halogens is 2. The van der Waals surface area contributed by atoms with Crippen molar-refractivity contribution in [1.82, 2.24) is 5.32 Å². The maximum Gasteiger partial charge on any atom is 0.252 e. The van der Waals surface area contributed by atoms with E-state index in [1.54, 1.807) is 13.8 Å². The van der Waals surface area contributed by atoms with Crippen LogP contribution in [0.3, 0.4) is 0 Å². The van der Waals surface area contributed by atoms with Crippen LogP contribution in [-0.4, -0.2) is 23.5 Å². The van der Waals surface area contributed by atoms with Gasteiger partial charge in [-0.15, -0.1) is 0 Å². The van der Waals surface area contributed by atoms with Gasteiger partial charge in [0.05, 0.1) is 10.6 Å². The van der Waals surface area contributed by atoms with Gasteiger partial charge in [-0.05, 0) is 18.2 Å². The molecule has 0 spiro atoms. The van der Waals surface area contributed by atoms with Crippen molar-refractivity contribution in [2.45, 2.75) is 13.8 Å². The van der Waals surface area contributed by atoms with E-state index in [1.165, 1.54) is 6.07 Å². The van der Waals surface area contributed by atoms with Crippen molar-refractivity contribution in [1.29, 1.82) is 0 Å². The third-order valence-electron chi connectivity index (χ3n) is 2.67. The van der Waals surface area contributed by atoms with Crippen LogP contribution in [0.25, 0.3) is 0 Å². The highest BCUT2D eigenvalue weighted by Gasteiger charge is 2.25. The van der Waals surface area contributed by atoms with E-state index >= 15 is 0 Å². The molecule has 4 N–H and O–H groups in total. The molecule has 0 radical (unpaired) electrons. The van der Waals surface area contributed by atoms with Gasteiger partial charge in [0, 0.05) is 12.0 Å². The molecule has 19 heavy (non-hydrogen) atoms. The van der Waals surface area contributed by atoms with Gasteiger partial charge in [-0.2, -0.15) is 0 Å². The van der Waals surface area contributed by atoms with E-state index in [2.05, 4.69) is 10.5 Å². The molecule has 0 saturated carbocycles. The Bertz CT molecular complexity index is 518. The molecule has 1 aromatic rings. The van der Waals surface area contributed by atoms with Gasteiger partial charge >= 0.3 is 0 Å². The number of nitrogens with two attached hydrogens (primary N) is 1. The van der Waals surface area contributed by atoms with Gasteiger partial charge in [0.1, 0.15) is 11.7 Å².